The van der Waals surface area contributed by atoms with Gasteiger partial charge in [-0.2, -0.15) is 0 Å². The molecule has 1 aliphatic carbocycles. The van der Waals surface area contributed by atoms with Crippen LogP contribution >= 0.6 is 27.5 Å². The number of rotatable bonds is 5. The van der Waals surface area contributed by atoms with Crippen LogP contribution in [-0.2, 0) is 24.3 Å². The minimum absolute atomic E-state index is 0.634. The third-order valence-electron chi connectivity index (χ3n) is 4.90. The molecule has 0 atom stereocenters. The van der Waals surface area contributed by atoms with Crippen molar-refractivity contribution in [2.75, 3.05) is 6.61 Å². The number of halogens is 2. The highest BCUT2D eigenvalue weighted by atomic mass is 79.9. The van der Waals surface area contributed by atoms with Gasteiger partial charge in [-0.1, -0.05) is 43.7 Å². The Morgan fingerprint density at radius 3 is 2.67 bits per heavy atom. The summed E-state index contributed by atoms with van der Waals surface area (Å²) in [7, 11) is -1.05. The third-order valence-corrected chi connectivity index (χ3v) is 7.95. The minimum atomic E-state index is -1.05. The zero-order chi connectivity index (χ0) is 17.3. The average molecular weight is 429 g/mol. The lowest BCUT2D eigenvalue weighted by Gasteiger charge is -2.17. The number of hydrogen-bond acceptors (Lipinski definition) is 1. The molecule has 2 aromatic rings. The van der Waals surface area contributed by atoms with Crippen LogP contribution < -0.4 is 0 Å². The molecule has 0 amide bonds. The summed E-state index contributed by atoms with van der Waals surface area (Å²) >= 11 is 10.1. The first-order chi connectivity index (χ1) is 11.4. The van der Waals surface area contributed by atoms with Gasteiger partial charge >= 0.3 is 0 Å². The second-order valence-corrected chi connectivity index (χ2v) is 14.8. The van der Waals surface area contributed by atoms with Crippen LogP contribution in [0.5, 0.6) is 0 Å². The summed E-state index contributed by atoms with van der Waals surface area (Å²) < 4.78 is 9.47. The molecule has 0 spiro atoms. The molecule has 0 unspecified atom stereocenters. The lowest BCUT2D eigenvalue weighted by Crippen LogP contribution is -2.22. The van der Waals surface area contributed by atoms with E-state index in [0.717, 1.165) is 22.5 Å². The van der Waals surface area contributed by atoms with Gasteiger partial charge in [0.05, 0.1) is 15.0 Å². The monoisotopic (exact) mass is 427 g/mol. The molecule has 24 heavy (non-hydrogen) atoms. The molecule has 0 saturated heterocycles. The minimum Gasteiger partial charge on any atom is -0.361 e. The summed E-state index contributed by atoms with van der Waals surface area (Å²) in [6.45, 7) is 8.66. The van der Waals surface area contributed by atoms with Crippen LogP contribution in [0.2, 0.25) is 30.7 Å². The molecule has 2 nitrogen and oxygen atoms in total. The maximum absolute atomic E-state index is 6.38. The number of nitrogens with zero attached hydrogens (tertiary/aromatic N) is 1. The number of aromatic nitrogens is 1. The van der Waals surface area contributed by atoms with Crippen LogP contribution in [0.15, 0.2) is 16.6 Å². The number of fused-ring (bicyclic) bond motifs is 3. The van der Waals surface area contributed by atoms with Gasteiger partial charge in [0.15, 0.2) is 0 Å². The second kappa shape index (κ2) is 7.53. The Labute approximate surface area is 159 Å². The molecule has 0 aliphatic heterocycles. The van der Waals surface area contributed by atoms with E-state index in [1.165, 1.54) is 53.9 Å². The molecule has 5 heteroatoms. The standard InChI is InChI=1S/C19H27BrClNOSi/c1-24(2,3)12-11-23-13-22-17-8-6-4-5-7-14(17)15-9-10-16(21)18(20)19(15)22/h9-10H,4-8,11-13H2,1-3H3. The van der Waals surface area contributed by atoms with E-state index in [1.807, 2.05) is 6.07 Å². The lowest BCUT2D eigenvalue weighted by molar-refractivity contribution is 0.0883. The van der Waals surface area contributed by atoms with E-state index < -0.39 is 8.07 Å². The maximum atomic E-state index is 6.38. The second-order valence-electron chi connectivity index (χ2n) is 8.02. The van der Waals surface area contributed by atoms with Crippen LogP contribution in [0.3, 0.4) is 0 Å². The normalized spacial score (nSPS) is 15.5. The first-order valence-corrected chi connectivity index (χ1v) is 13.8. The highest BCUT2D eigenvalue weighted by Gasteiger charge is 2.21. The topological polar surface area (TPSA) is 14.2 Å². The molecule has 132 valence electrons. The largest absolute Gasteiger partial charge is 0.361 e. The number of hydrogen-bond donors (Lipinski definition) is 0. The van der Waals surface area contributed by atoms with Crippen LogP contribution in [0.4, 0.5) is 0 Å². The molecular weight excluding hydrogens is 402 g/mol. The lowest BCUT2D eigenvalue weighted by atomic mass is 10.1. The molecule has 0 fully saturated rings. The van der Waals surface area contributed by atoms with Gasteiger partial charge in [0.1, 0.15) is 6.73 Å². The van der Waals surface area contributed by atoms with E-state index in [4.69, 9.17) is 16.3 Å². The maximum Gasteiger partial charge on any atom is 0.123 e. The Balaban J connectivity index is 1.95. The zero-order valence-electron chi connectivity index (χ0n) is 14.9. The van der Waals surface area contributed by atoms with Gasteiger partial charge in [0.2, 0.25) is 0 Å². The van der Waals surface area contributed by atoms with Gasteiger partial charge in [-0.25, -0.2) is 0 Å². The van der Waals surface area contributed by atoms with E-state index in [9.17, 15) is 0 Å². The quantitative estimate of drug-likeness (QED) is 0.296. The molecule has 1 aromatic heterocycles. The Kier molecular flexibility index (Phi) is 5.80. The first-order valence-electron chi connectivity index (χ1n) is 8.94. The Morgan fingerprint density at radius 1 is 1.17 bits per heavy atom. The van der Waals surface area contributed by atoms with Crippen molar-refractivity contribution in [3.63, 3.8) is 0 Å². The molecule has 0 N–H and O–H groups in total. The van der Waals surface area contributed by atoms with Gasteiger partial charge in [-0.3, -0.25) is 0 Å². The van der Waals surface area contributed by atoms with Gasteiger partial charge in [0.25, 0.3) is 0 Å². The van der Waals surface area contributed by atoms with Crippen molar-refractivity contribution in [2.24, 2.45) is 0 Å². The first kappa shape index (κ1) is 18.5. The highest BCUT2D eigenvalue weighted by Crippen LogP contribution is 2.38. The summed E-state index contributed by atoms with van der Waals surface area (Å²) in [5, 5.41) is 2.12. The van der Waals surface area contributed by atoms with Crippen LogP contribution in [0.1, 0.15) is 30.5 Å². The fourth-order valence-electron chi connectivity index (χ4n) is 3.51. The molecule has 1 aromatic carbocycles. The van der Waals surface area contributed by atoms with Crippen molar-refractivity contribution in [1.82, 2.24) is 4.57 Å². The fraction of sp³-hybridized carbons (Fsp3) is 0.579. The van der Waals surface area contributed by atoms with Gasteiger partial charge in [0, 0.05) is 25.8 Å². The van der Waals surface area contributed by atoms with Gasteiger partial charge < -0.3 is 9.30 Å². The Hall–Kier alpha value is -0.293. The summed E-state index contributed by atoms with van der Waals surface area (Å²) in [4.78, 5) is 0. The van der Waals surface area contributed by atoms with Gasteiger partial charge in [-0.15, -0.1) is 0 Å². The SMILES string of the molecule is C[Si](C)(C)CCOCn1c2c(c3ccc(Cl)c(Br)c31)CCCCC2. The molecular formula is C19H27BrClNOSi. The summed E-state index contributed by atoms with van der Waals surface area (Å²) in [6, 6.07) is 5.40. The van der Waals surface area contributed by atoms with Gasteiger partial charge in [-0.05, 0) is 59.3 Å². The van der Waals surface area contributed by atoms with Crippen molar-refractivity contribution in [1.29, 1.82) is 0 Å². The van der Waals surface area contributed by atoms with E-state index in [0.29, 0.717) is 6.73 Å². The number of aryl methyl sites for hydroxylation is 1. The Bertz CT molecular complexity index is 735. The Morgan fingerprint density at radius 2 is 1.92 bits per heavy atom. The van der Waals surface area contributed by atoms with Crippen molar-refractivity contribution in [3.8, 4) is 0 Å². The van der Waals surface area contributed by atoms with Crippen molar-refractivity contribution in [2.45, 2.75) is 64.5 Å². The molecule has 0 radical (unpaired) electrons. The molecule has 0 saturated carbocycles. The summed E-state index contributed by atoms with van der Waals surface area (Å²) in [6.07, 6.45) is 6.18. The van der Waals surface area contributed by atoms with Crippen molar-refractivity contribution < 1.29 is 4.74 Å². The third kappa shape index (κ3) is 3.92. The predicted molar refractivity (Wildman–Crippen MR) is 110 cm³/mol. The average Bonchev–Trinajstić information content (AvgIpc) is 2.67. The number of benzene rings is 1. The molecule has 3 rings (SSSR count). The molecule has 1 aliphatic rings. The van der Waals surface area contributed by atoms with Crippen molar-refractivity contribution in [3.05, 3.63) is 32.9 Å². The fourth-order valence-corrected chi connectivity index (χ4v) is 4.98. The zero-order valence-corrected chi connectivity index (χ0v) is 18.3. The summed E-state index contributed by atoms with van der Waals surface area (Å²) in [5.41, 5.74) is 4.18. The van der Waals surface area contributed by atoms with E-state index >= 15 is 0 Å². The highest BCUT2D eigenvalue weighted by molar-refractivity contribution is 9.10. The molecule has 1 heterocycles. The van der Waals surface area contributed by atoms with Crippen LogP contribution in [0, 0.1) is 0 Å². The summed E-state index contributed by atoms with van der Waals surface area (Å²) in [5.74, 6) is 0. The number of ether oxygens (including phenoxy) is 1. The van der Waals surface area contributed by atoms with E-state index in [2.05, 4.69) is 46.2 Å². The van der Waals surface area contributed by atoms with Crippen LogP contribution in [-0.4, -0.2) is 19.2 Å². The smallest absolute Gasteiger partial charge is 0.123 e. The predicted octanol–water partition coefficient (Wildman–Crippen LogP) is 6.64. The van der Waals surface area contributed by atoms with Crippen molar-refractivity contribution >= 4 is 46.5 Å². The van der Waals surface area contributed by atoms with Crippen LogP contribution in [0.25, 0.3) is 10.9 Å². The van der Waals surface area contributed by atoms with E-state index in [1.54, 1.807) is 0 Å². The van der Waals surface area contributed by atoms with E-state index in [-0.39, 0.29) is 0 Å². The molecule has 0 bridgehead atoms.